The van der Waals surface area contributed by atoms with Crippen molar-refractivity contribution in [3.05, 3.63) is 59.7 Å². The Kier molecular flexibility index (Phi) is 8.30. The molecule has 0 radical (unpaired) electrons. The van der Waals surface area contributed by atoms with Gasteiger partial charge in [0.05, 0.1) is 14.2 Å². The maximum atomic E-state index is 12.3. The lowest BCUT2D eigenvalue weighted by molar-refractivity contribution is 0.0967. The third kappa shape index (κ3) is 5.55. The molecule has 0 saturated heterocycles. The highest BCUT2D eigenvalue weighted by molar-refractivity contribution is 5.96. The van der Waals surface area contributed by atoms with Gasteiger partial charge >= 0.3 is 0 Å². The van der Waals surface area contributed by atoms with Crippen molar-refractivity contribution in [2.45, 2.75) is 13.0 Å². The first kappa shape index (κ1) is 20.0. The van der Waals surface area contributed by atoms with E-state index >= 15 is 0 Å². The molecule has 0 unspecified atom stereocenters. The lowest BCUT2D eigenvalue weighted by atomic mass is 10.1. The van der Waals surface area contributed by atoms with Crippen molar-refractivity contribution in [1.82, 2.24) is 4.90 Å². The van der Waals surface area contributed by atoms with E-state index in [1.165, 1.54) is 5.56 Å². The molecule has 0 heterocycles. The van der Waals surface area contributed by atoms with Gasteiger partial charge in [0.1, 0.15) is 0 Å². The summed E-state index contributed by atoms with van der Waals surface area (Å²) in [5.41, 5.74) is 1.89. The van der Waals surface area contributed by atoms with Crippen LogP contribution in [0.15, 0.2) is 48.5 Å². The Labute approximate surface area is 149 Å². The lowest BCUT2D eigenvalue weighted by Gasteiger charge is -2.16. The van der Waals surface area contributed by atoms with Crippen LogP contribution in [0.5, 0.6) is 11.5 Å². The second kappa shape index (κ2) is 9.96. The zero-order valence-electron chi connectivity index (χ0n) is 14.3. The van der Waals surface area contributed by atoms with E-state index in [-0.39, 0.29) is 18.2 Å². The number of nitrogens with zero attached hydrogens (tertiary/aromatic N) is 1. The van der Waals surface area contributed by atoms with Gasteiger partial charge in [-0.2, -0.15) is 0 Å². The van der Waals surface area contributed by atoms with Gasteiger partial charge in [0.15, 0.2) is 17.3 Å². The van der Waals surface area contributed by atoms with Crippen LogP contribution in [-0.4, -0.2) is 38.5 Å². The third-order valence-electron chi connectivity index (χ3n) is 3.72. The average molecular weight is 350 g/mol. The van der Waals surface area contributed by atoms with Gasteiger partial charge < -0.3 is 14.4 Å². The van der Waals surface area contributed by atoms with E-state index in [0.717, 1.165) is 6.54 Å². The molecular weight excluding hydrogens is 326 g/mol. The minimum Gasteiger partial charge on any atom is -0.493 e. The summed E-state index contributed by atoms with van der Waals surface area (Å²) in [7, 11) is 5.17. The summed E-state index contributed by atoms with van der Waals surface area (Å²) in [5, 5.41) is 0. The molecule has 0 aliphatic carbocycles. The van der Waals surface area contributed by atoms with Crippen molar-refractivity contribution < 1.29 is 14.3 Å². The number of carbonyl (C=O) groups excluding carboxylic acids is 1. The number of Topliss-reactive ketones (excluding diaryl/α,β-unsaturated/α-hetero) is 1. The van der Waals surface area contributed by atoms with Crippen LogP contribution in [0.2, 0.25) is 0 Å². The summed E-state index contributed by atoms with van der Waals surface area (Å²) in [6.45, 7) is 1.54. The number of hydrogen-bond acceptors (Lipinski definition) is 4. The second-order valence-corrected chi connectivity index (χ2v) is 5.47. The van der Waals surface area contributed by atoms with Gasteiger partial charge in [-0.25, -0.2) is 0 Å². The predicted octanol–water partition coefficient (Wildman–Crippen LogP) is 3.83. The fraction of sp³-hybridized carbons (Fsp3) is 0.316. The number of hydrogen-bond donors (Lipinski definition) is 0. The number of carbonyl (C=O) groups is 1. The Hall–Kier alpha value is -2.04. The molecular formula is C19H24ClNO3. The molecule has 0 N–H and O–H groups in total. The third-order valence-corrected chi connectivity index (χ3v) is 3.72. The highest BCUT2D eigenvalue weighted by atomic mass is 35.5. The maximum absolute atomic E-state index is 12.3. The van der Waals surface area contributed by atoms with Crippen molar-refractivity contribution in [3.8, 4) is 11.5 Å². The second-order valence-electron chi connectivity index (χ2n) is 5.47. The minimum atomic E-state index is 0. The van der Waals surface area contributed by atoms with Crippen LogP contribution in [-0.2, 0) is 6.54 Å². The van der Waals surface area contributed by atoms with Gasteiger partial charge in [0.2, 0.25) is 0 Å². The monoisotopic (exact) mass is 349 g/mol. The van der Waals surface area contributed by atoms with Crippen LogP contribution in [0.4, 0.5) is 0 Å². The average Bonchev–Trinajstić information content (AvgIpc) is 2.59. The summed E-state index contributed by atoms with van der Waals surface area (Å²) in [6, 6.07) is 15.5. The summed E-state index contributed by atoms with van der Waals surface area (Å²) in [4.78, 5) is 14.5. The van der Waals surface area contributed by atoms with Gasteiger partial charge in [0, 0.05) is 25.1 Å². The molecule has 0 aromatic heterocycles. The Morgan fingerprint density at radius 3 is 2.29 bits per heavy atom. The molecule has 2 aromatic carbocycles. The predicted molar refractivity (Wildman–Crippen MR) is 98.5 cm³/mol. The van der Waals surface area contributed by atoms with E-state index in [1.807, 2.05) is 25.2 Å². The zero-order valence-corrected chi connectivity index (χ0v) is 15.1. The maximum Gasteiger partial charge on any atom is 0.164 e. The molecule has 4 nitrogen and oxygen atoms in total. The first-order valence-corrected chi connectivity index (χ1v) is 7.61. The molecule has 0 aliphatic heterocycles. The molecule has 0 saturated carbocycles. The van der Waals surface area contributed by atoms with Crippen molar-refractivity contribution in [3.63, 3.8) is 0 Å². The van der Waals surface area contributed by atoms with Crippen LogP contribution in [0.3, 0.4) is 0 Å². The van der Waals surface area contributed by atoms with Crippen LogP contribution >= 0.6 is 12.4 Å². The molecule has 24 heavy (non-hydrogen) atoms. The molecule has 0 bridgehead atoms. The fourth-order valence-corrected chi connectivity index (χ4v) is 2.42. The van der Waals surface area contributed by atoms with E-state index in [1.54, 1.807) is 32.4 Å². The summed E-state index contributed by atoms with van der Waals surface area (Å²) < 4.78 is 10.4. The van der Waals surface area contributed by atoms with Gasteiger partial charge in [0.25, 0.3) is 0 Å². The van der Waals surface area contributed by atoms with Gasteiger partial charge in [-0.15, -0.1) is 12.4 Å². The van der Waals surface area contributed by atoms with Crippen molar-refractivity contribution in [1.29, 1.82) is 0 Å². The number of ketones is 1. The SMILES string of the molecule is COc1ccc(C(=O)CCN(C)Cc2ccccc2)cc1OC.Cl. The van der Waals surface area contributed by atoms with Crippen molar-refractivity contribution in [2.24, 2.45) is 0 Å². The van der Waals surface area contributed by atoms with E-state index in [4.69, 9.17) is 9.47 Å². The van der Waals surface area contributed by atoms with E-state index in [9.17, 15) is 4.79 Å². The van der Waals surface area contributed by atoms with Gasteiger partial charge in [-0.3, -0.25) is 4.79 Å². The normalized spacial score (nSPS) is 10.2. The molecule has 2 rings (SSSR count). The molecule has 130 valence electrons. The highest BCUT2D eigenvalue weighted by Gasteiger charge is 2.11. The number of halogens is 1. The first-order chi connectivity index (χ1) is 11.1. The molecule has 0 spiro atoms. The minimum absolute atomic E-state index is 0. The van der Waals surface area contributed by atoms with Crippen LogP contribution in [0.1, 0.15) is 22.3 Å². The Morgan fingerprint density at radius 2 is 1.67 bits per heavy atom. The lowest BCUT2D eigenvalue weighted by Crippen LogP contribution is -2.21. The molecule has 0 aliphatic rings. The fourth-order valence-electron chi connectivity index (χ4n) is 2.42. The number of methoxy groups -OCH3 is 2. The Bertz CT molecular complexity index is 646. The van der Waals surface area contributed by atoms with E-state index in [0.29, 0.717) is 30.0 Å². The summed E-state index contributed by atoms with van der Waals surface area (Å²) in [6.07, 6.45) is 0.471. The van der Waals surface area contributed by atoms with Crippen LogP contribution in [0, 0.1) is 0 Å². The van der Waals surface area contributed by atoms with Gasteiger partial charge in [-0.05, 0) is 30.8 Å². The smallest absolute Gasteiger partial charge is 0.164 e. The molecule has 0 amide bonds. The highest BCUT2D eigenvalue weighted by Crippen LogP contribution is 2.28. The topological polar surface area (TPSA) is 38.8 Å². The van der Waals surface area contributed by atoms with Crippen LogP contribution < -0.4 is 9.47 Å². The largest absolute Gasteiger partial charge is 0.493 e. The van der Waals surface area contributed by atoms with Gasteiger partial charge in [-0.1, -0.05) is 30.3 Å². The Balaban J connectivity index is 0.00000288. The quantitative estimate of drug-likeness (QED) is 0.679. The van der Waals surface area contributed by atoms with Crippen LogP contribution in [0.25, 0.3) is 0 Å². The molecule has 0 fully saturated rings. The molecule has 0 atom stereocenters. The van der Waals surface area contributed by atoms with Crippen molar-refractivity contribution in [2.75, 3.05) is 27.8 Å². The molecule has 2 aromatic rings. The molecule has 5 heteroatoms. The first-order valence-electron chi connectivity index (χ1n) is 7.61. The van der Waals surface area contributed by atoms with Crippen molar-refractivity contribution >= 4 is 18.2 Å². The summed E-state index contributed by atoms with van der Waals surface area (Å²) >= 11 is 0. The number of benzene rings is 2. The number of rotatable bonds is 8. The number of ether oxygens (including phenoxy) is 2. The van der Waals surface area contributed by atoms with E-state index < -0.39 is 0 Å². The zero-order chi connectivity index (χ0) is 16.7. The summed E-state index contributed by atoms with van der Waals surface area (Å²) in [5.74, 6) is 1.31. The Morgan fingerprint density at radius 1 is 1.00 bits per heavy atom. The van der Waals surface area contributed by atoms with E-state index in [2.05, 4.69) is 17.0 Å². The standard InChI is InChI=1S/C19H23NO3.ClH/c1-20(14-15-7-5-4-6-8-15)12-11-17(21)16-9-10-18(22-2)19(13-16)23-3;/h4-10,13H,11-12,14H2,1-3H3;1H.